The molecule has 1 spiro atoms. The smallest absolute Gasteiger partial charge is 0.233 e. The summed E-state index contributed by atoms with van der Waals surface area (Å²) in [6, 6.07) is 7.86. The largest absolute Gasteiger partial charge is 0.342 e. The molecule has 0 bridgehead atoms. The van der Waals surface area contributed by atoms with E-state index in [9.17, 15) is 4.79 Å². The summed E-state index contributed by atoms with van der Waals surface area (Å²) in [6.45, 7) is 8.31. The van der Waals surface area contributed by atoms with E-state index in [1.807, 2.05) is 24.3 Å². The molecule has 1 N–H and O–H groups in total. The van der Waals surface area contributed by atoms with Gasteiger partial charge in [0.15, 0.2) is 0 Å². The third-order valence-corrected chi connectivity index (χ3v) is 6.71. The second kappa shape index (κ2) is 7.05. The molecule has 2 heterocycles. The zero-order valence-electron chi connectivity index (χ0n) is 14.9. The van der Waals surface area contributed by atoms with Gasteiger partial charge in [-0.15, -0.1) is 0 Å². The Bertz CT molecular complexity index is 564. The highest BCUT2D eigenvalue weighted by molar-refractivity contribution is 6.30. The molecule has 1 aromatic rings. The average molecular weight is 349 g/mol. The van der Waals surface area contributed by atoms with Crippen molar-refractivity contribution in [3.8, 4) is 0 Å². The Balaban J connectivity index is 1.78. The van der Waals surface area contributed by atoms with Crippen molar-refractivity contribution in [1.29, 1.82) is 0 Å². The first-order valence-electron chi connectivity index (χ1n) is 9.31. The highest BCUT2D eigenvalue weighted by Gasteiger charge is 2.43. The highest BCUT2D eigenvalue weighted by atomic mass is 35.5. The minimum atomic E-state index is -0.414. The van der Waals surface area contributed by atoms with Gasteiger partial charge in [0, 0.05) is 24.7 Å². The van der Waals surface area contributed by atoms with Gasteiger partial charge < -0.3 is 10.2 Å². The Kier molecular flexibility index (Phi) is 5.22. The zero-order valence-corrected chi connectivity index (χ0v) is 15.7. The molecule has 3 rings (SSSR count). The molecule has 24 heavy (non-hydrogen) atoms. The molecule has 4 heteroatoms. The number of likely N-dealkylation sites (tertiary alicyclic amines) is 1. The molecule has 0 radical (unpaired) electrons. The summed E-state index contributed by atoms with van der Waals surface area (Å²) in [5, 5.41) is 4.22. The van der Waals surface area contributed by atoms with Crippen molar-refractivity contribution >= 4 is 17.5 Å². The number of nitrogens with zero attached hydrogens (tertiary/aromatic N) is 1. The first kappa shape index (κ1) is 17.8. The van der Waals surface area contributed by atoms with Gasteiger partial charge in [-0.2, -0.15) is 0 Å². The predicted molar refractivity (Wildman–Crippen MR) is 99.4 cm³/mol. The maximum Gasteiger partial charge on any atom is 0.233 e. The first-order chi connectivity index (χ1) is 11.6. The lowest BCUT2D eigenvalue weighted by Crippen LogP contribution is -2.51. The summed E-state index contributed by atoms with van der Waals surface area (Å²) in [4.78, 5) is 15.6. The van der Waals surface area contributed by atoms with Crippen LogP contribution in [0.1, 0.15) is 51.5 Å². The molecule has 1 aromatic carbocycles. The van der Waals surface area contributed by atoms with E-state index in [1.54, 1.807) is 0 Å². The number of amides is 1. The van der Waals surface area contributed by atoms with E-state index in [2.05, 4.69) is 24.1 Å². The van der Waals surface area contributed by atoms with E-state index in [0.717, 1.165) is 62.4 Å². The van der Waals surface area contributed by atoms with Crippen molar-refractivity contribution < 1.29 is 4.79 Å². The third kappa shape index (κ3) is 3.09. The number of carbonyl (C=O) groups is 1. The van der Waals surface area contributed by atoms with Crippen LogP contribution in [0, 0.1) is 5.41 Å². The minimum Gasteiger partial charge on any atom is -0.342 e. The van der Waals surface area contributed by atoms with Gasteiger partial charge >= 0.3 is 0 Å². The molecule has 2 aliphatic rings. The van der Waals surface area contributed by atoms with E-state index < -0.39 is 5.41 Å². The lowest BCUT2D eigenvalue weighted by atomic mass is 9.73. The number of rotatable bonds is 4. The van der Waals surface area contributed by atoms with Crippen LogP contribution in [0.15, 0.2) is 24.3 Å². The molecule has 132 valence electrons. The van der Waals surface area contributed by atoms with Gasteiger partial charge in [-0.1, -0.05) is 37.6 Å². The number of halogens is 1. The van der Waals surface area contributed by atoms with E-state index in [4.69, 9.17) is 11.6 Å². The van der Waals surface area contributed by atoms with Crippen LogP contribution in [0.25, 0.3) is 0 Å². The van der Waals surface area contributed by atoms with Crippen molar-refractivity contribution in [3.63, 3.8) is 0 Å². The van der Waals surface area contributed by atoms with Gasteiger partial charge in [-0.25, -0.2) is 0 Å². The Hall–Kier alpha value is -1.06. The van der Waals surface area contributed by atoms with Crippen molar-refractivity contribution in [2.45, 2.75) is 51.4 Å². The molecule has 0 atom stereocenters. The summed E-state index contributed by atoms with van der Waals surface area (Å²) in [7, 11) is 0. The van der Waals surface area contributed by atoms with Crippen LogP contribution in [0.5, 0.6) is 0 Å². The number of piperidine rings is 1. The fourth-order valence-electron chi connectivity index (χ4n) is 4.56. The normalized spacial score (nSPS) is 20.5. The lowest BCUT2D eigenvalue weighted by Gasteiger charge is -2.43. The van der Waals surface area contributed by atoms with Crippen LogP contribution >= 0.6 is 11.6 Å². The Morgan fingerprint density at radius 3 is 2.29 bits per heavy atom. The van der Waals surface area contributed by atoms with Crippen LogP contribution in [-0.4, -0.2) is 37.0 Å². The van der Waals surface area contributed by atoms with Gasteiger partial charge in [0.1, 0.15) is 0 Å². The zero-order chi connectivity index (χ0) is 17.2. The van der Waals surface area contributed by atoms with Crippen LogP contribution in [0.4, 0.5) is 0 Å². The second-order valence-corrected chi connectivity index (χ2v) is 7.95. The number of carbonyl (C=O) groups excluding carboxylic acids is 1. The standard InChI is InChI=1S/C20H29ClN2O/c1-3-20(4-2,16-5-7-17(21)8-6-16)18(24)23-13-10-19(11-14-23)9-12-22-15-19/h5-8,22H,3-4,9-15H2,1-2H3. The van der Waals surface area contributed by atoms with Crippen LogP contribution in [0.3, 0.4) is 0 Å². The molecule has 2 saturated heterocycles. The van der Waals surface area contributed by atoms with E-state index in [0.29, 0.717) is 11.3 Å². The molecule has 1 amide bonds. The molecule has 3 nitrogen and oxygen atoms in total. The molecule has 2 aliphatic heterocycles. The Morgan fingerprint density at radius 1 is 1.17 bits per heavy atom. The summed E-state index contributed by atoms with van der Waals surface area (Å²) >= 11 is 6.04. The van der Waals surface area contributed by atoms with E-state index in [-0.39, 0.29) is 0 Å². The summed E-state index contributed by atoms with van der Waals surface area (Å²) < 4.78 is 0. The van der Waals surface area contributed by atoms with Crippen LogP contribution in [0.2, 0.25) is 5.02 Å². The predicted octanol–water partition coefficient (Wildman–Crippen LogP) is 4.00. The molecule has 0 saturated carbocycles. The molecular formula is C20H29ClN2O. The number of hydrogen-bond donors (Lipinski definition) is 1. The first-order valence-corrected chi connectivity index (χ1v) is 9.69. The fourth-order valence-corrected chi connectivity index (χ4v) is 4.69. The monoisotopic (exact) mass is 348 g/mol. The van der Waals surface area contributed by atoms with Crippen LogP contribution in [-0.2, 0) is 10.2 Å². The van der Waals surface area contributed by atoms with Crippen LogP contribution < -0.4 is 5.32 Å². The van der Waals surface area contributed by atoms with E-state index in [1.165, 1.54) is 6.42 Å². The van der Waals surface area contributed by atoms with Gasteiger partial charge in [-0.3, -0.25) is 4.79 Å². The summed E-state index contributed by atoms with van der Waals surface area (Å²) in [5.74, 6) is 0.302. The minimum absolute atomic E-state index is 0.302. The van der Waals surface area contributed by atoms with Gasteiger partial charge in [0.2, 0.25) is 5.91 Å². The molecule has 0 aliphatic carbocycles. The Morgan fingerprint density at radius 2 is 1.79 bits per heavy atom. The maximum absolute atomic E-state index is 13.4. The number of hydrogen-bond acceptors (Lipinski definition) is 2. The second-order valence-electron chi connectivity index (χ2n) is 7.52. The number of nitrogens with one attached hydrogen (secondary N) is 1. The highest BCUT2D eigenvalue weighted by Crippen LogP contribution is 2.40. The molecular weight excluding hydrogens is 320 g/mol. The van der Waals surface area contributed by atoms with Gasteiger partial charge in [-0.05, 0) is 61.8 Å². The molecule has 0 aromatic heterocycles. The van der Waals surface area contributed by atoms with Gasteiger partial charge in [0.25, 0.3) is 0 Å². The topological polar surface area (TPSA) is 32.3 Å². The molecule has 0 unspecified atom stereocenters. The van der Waals surface area contributed by atoms with Crippen molar-refractivity contribution in [2.24, 2.45) is 5.41 Å². The maximum atomic E-state index is 13.4. The molecule has 2 fully saturated rings. The van der Waals surface area contributed by atoms with Crippen molar-refractivity contribution in [3.05, 3.63) is 34.9 Å². The lowest BCUT2D eigenvalue weighted by molar-refractivity contribution is -0.140. The fraction of sp³-hybridized carbons (Fsp3) is 0.650. The quantitative estimate of drug-likeness (QED) is 0.892. The van der Waals surface area contributed by atoms with Crippen molar-refractivity contribution in [2.75, 3.05) is 26.2 Å². The Labute approximate surface area is 150 Å². The average Bonchev–Trinajstić information content (AvgIpc) is 3.06. The summed E-state index contributed by atoms with van der Waals surface area (Å²) in [5.41, 5.74) is 1.13. The van der Waals surface area contributed by atoms with Gasteiger partial charge in [0.05, 0.1) is 5.41 Å². The SMILES string of the molecule is CCC(CC)(C(=O)N1CCC2(CCNC2)CC1)c1ccc(Cl)cc1. The van der Waals surface area contributed by atoms with Crippen molar-refractivity contribution in [1.82, 2.24) is 10.2 Å². The third-order valence-electron chi connectivity index (χ3n) is 6.46. The van der Waals surface area contributed by atoms with E-state index >= 15 is 0 Å². The number of benzene rings is 1. The summed E-state index contributed by atoms with van der Waals surface area (Å²) in [6.07, 6.45) is 5.19.